The molecule has 0 saturated heterocycles. The highest BCUT2D eigenvalue weighted by molar-refractivity contribution is 5.82. The fourth-order valence-electron chi connectivity index (χ4n) is 0.794. The van der Waals surface area contributed by atoms with Crippen LogP contribution in [0.5, 0.6) is 0 Å². The lowest BCUT2D eigenvalue weighted by molar-refractivity contribution is -0.134. The van der Waals surface area contributed by atoms with Crippen molar-refractivity contribution in [2.24, 2.45) is 5.73 Å². The third kappa shape index (κ3) is 5.35. The van der Waals surface area contributed by atoms with Gasteiger partial charge in [-0.2, -0.15) is 0 Å². The molecule has 0 bridgehead atoms. The Bertz CT molecular complexity index is 191. The maximum Gasteiger partial charge on any atom is 0.330 e. The molecule has 1 unspecified atom stereocenters. The van der Waals surface area contributed by atoms with E-state index in [1.54, 1.807) is 0 Å². The minimum Gasteiger partial charge on any atom is -0.466 e. The Kier molecular flexibility index (Phi) is 6.13. The first-order valence-electron chi connectivity index (χ1n) is 3.90. The van der Waals surface area contributed by atoms with Gasteiger partial charge in [0, 0.05) is 12.6 Å². The molecule has 0 heterocycles. The van der Waals surface area contributed by atoms with Crippen molar-refractivity contribution in [2.75, 3.05) is 20.3 Å². The summed E-state index contributed by atoms with van der Waals surface area (Å²) >= 11 is 0. The standard InChI is InChI=1S/C8H15NO4/c1-13-8(12)3-6(4-9)2-7(11)5-10/h3,7,10-11H,2,4-5,9H2,1H3. The van der Waals surface area contributed by atoms with Crippen LogP contribution < -0.4 is 5.73 Å². The van der Waals surface area contributed by atoms with E-state index in [-0.39, 0.29) is 19.6 Å². The molecule has 0 radical (unpaired) electrons. The molecular formula is C8H15NO4. The molecule has 0 aliphatic carbocycles. The first kappa shape index (κ1) is 12.1. The molecule has 0 saturated carbocycles. The molecule has 0 aromatic carbocycles. The van der Waals surface area contributed by atoms with Crippen LogP contribution in [0.25, 0.3) is 0 Å². The van der Waals surface area contributed by atoms with E-state index >= 15 is 0 Å². The van der Waals surface area contributed by atoms with Gasteiger partial charge in [0.1, 0.15) is 0 Å². The molecule has 0 aromatic rings. The van der Waals surface area contributed by atoms with Crippen molar-refractivity contribution in [3.8, 4) is 0 Å². The van der Waals surface area contributed by atoms with Gasteiger partial charge in [0.2, 0.25) is 0 Å². The average molecular weight is 189 g/mol. The molecule has 0 rings (SSSR count). The van der Waals surface area contributed by atoms with E-state index in [0.717, 1.165) is 0 Å². The maximum atomic E-state index is 10.8. The highest BCUT2D eigenvalue weighted by atomic mass is 16.5. The molecule has 1 atom stereocenters. The van der Waals surface area contributed by atoms with Crippen molar-refractivity contribution < 1.29 is 19.7 Å². The summed E-state index contributed by atoms with van der Waals surface area (Å²) in [5, 5.41) is 17.6. The normalized spacial score (nSPS) is 14.0. The van der Waals surface area contributed by atoms with E-state index in [4.69, 9.17) is 15.9 Å². The van der Waals surface area contributed by atoms with Gasteiger partial charge >= 0.3 is 5.97 Å². The van der Waals surface area contributed by atoms with Gasteiger partial charge in [-0.3, -0.25) is 0 Å². The molecular weight excluding hydrogens is 174 g/mol. The van der Waals surface area contributed by atoms with Gasteiger partial charge in [-0.05, 0) is 12.0 Å². The van der Waals surface area contributed by atoms with Crippen LogP contribution in [0.4, 0.5) is 0 Å². The molecule has 5 nitrogen and oxygen atoms in total. The monoisotopic (exact) mass is 189 g/mol. The summed E-state index contributed by atoms with van der Waals surface area (Å²) < 4.78 is 4.38. The lowest BCUT2D eigenvalue weighted by Crippen LogP contribution is -2.17. The minimum atomic E-state index is -0.876. The van der Waals surface area contributed by atoms with Crippen LogP contribution in [0.15, 0.2) is 11.6 Å². The van der Waals surface area contributed by atoms with Crippen LogP contribution in [0.1, 0.15) is 6.42 Å². The van der Waals surface area contributed by atoms with E-state index in [9.17, 15) is 4.79 Å². The summed E-state index contributed by atoms with van der Waals surface area (Å²) in [6.07, 6.45) is 0.528. The SMILES string of the molecule is COC(=O)C=C(CN)CC(O)CO. The highest BCUT2D eigenvalue weighted by Crippen LogP contribution is 2.03. The molecule has 0 aromatic heterocycles. The number of esters is 1. The molecule has 4 N–H and O–H groups in total. The van der Waals surface area contributed by atoms with Crippen LogP contribution in [0.3, 0.4) is 0 Å². The van der Waals surface area contributed by atoms with Crippen molar-refractivity contribution in [1.29, 1.82) is 0 Å². The summed E-state index contributed by atoms with van der Waals surface area (Å²) in [6, 6.07) is 0. The Morgan fingerprint density at radius 3 is 2.69 bits per heavy atom. The molecule has 0 fully saturated rings. The predicted molar refractivity (Wildman–Crippen MR) is 46.9 cm³/mol. The van der Waals surface area contributed by atoms with Gasteiger partial charge < -0.3 is 20.7 Å². The van der Waals surface area contributed by atoms with Crippen LogP contribution in [0, 0.1) is 0 Å². The zero-order valence-corrected chi connectivity index (χ0v) is 7.56. The number of hydrogen-bond acceptors (Lipinski definition) is 5. The van der Waals surface area contributed by atoms with E-state index in [2.05, 4.69) is 4.74 Å². The summed E-state index contributed by atoms with van der Waals surface area (Å²) in [5.74, 6) is -0.509. The largest absolute Gasteiger partial charge is 0.466 e. The Balaban J connectivity index is 4.16. The smallest absolute Gasteiger partial charge is 0.330 e. The zero-order valence-electron chi connectivity index (χ0n) is 7.56. The van der Waals surface area contributed by atoms with Crippen molar-refractivity contribution in [3.05, 3.63) is 11.6 Å². The number of carbonyl (C=O) groups is 1. The van der Waals surface area contributed by atoms with Crippen molar-refractivity contribution in [1.82, 2.24) is 0 Å². The maximum absolute atomic E-state index is 10.8. The summed E-state index contributed by atoms with van der Waals surface area (Å²) in [7, 11) is 1.26. The predicted octanol–water partition coefficient (Wildman–Crippen LogP) is -1.21. The zero-order chi connectivity index (χ0) is 10.3. The number of carbonyl (C=O) groups excluding carboxylic acids is 1. The Hall–Kier alpha value is -0.910. The van der Waals surface area contributed by atoms with Gasteiger partial charge in [0.05, 0.1) is 19.8 Å². The second kappa shape index (κ2) is 6.59. The second-order valence-electron chi connectivity index (χ2n) is 2.57. The third-order valence-electron chi connectivity index (χ3n) is 1.49. The van der Waals surface area contributed by atoms with Crippen molar-refractivity contribution in [2.45, 2.75) is 12.5 Å². The van der Waals surface area contributed by atoms with E-state index < -0.39 is 12.1 Å². The van der Waals surface area contributed by atoms with Crippen LogP contribution in [-0.2, 0) is 9.53 Å². The van der Waals surface area contributed by atoms with E-state index in [0.29, 0.717) is 5.57 Å². The molecule has 5 heteroatoms. The molecule has 13 heavy (non-hydrogen) atoms. The number of aliphatic hydroxyl groups excluding tert-OH is 2. The van der Waals surface area contributed by atoms with E-state index in [1.807, 2.05) is 0 Å². The first-order chi connectivity index (χ1) is 6.13. The number of ether oxygens (including phenoxy) is 1. The van der Waals surface area contributed by atoms with E-state index in [1.165, 1.54) is 13.2 Å². The molecule has 0 spiro atoms. The number of methoxy groups -OCH3 is 1. The number of aliphatic hydroxyl groups is 2. The number of rotatable bonds is 5. The molecule has 0 aliphatic heterocycles. The summed E-state index contributed by atoms with van der Waals surface area (Å²) in [5.41, 5.74) is 5.86. The molecule has 0 aliphatic rings. The second-order valence-corrected chi connectivity index (χ2v) is 2.57. The number of nitrogens with two attached hydrogens (primary N) is 1. The van der Waals surface area contributed by atoms with Gasteiger partial charge in [-0.25, -0.2) is 4.79 Å². The highest BCUT2D eigenvalue weighted by Gasteiger charge is 2.06. The lowest BCUT2D eigenvalue weighted by Gasteiger charge is -2.08. The van der Waals surface area contributed by atoms with Crippen molar-refractivity contribution >= 4 is 5.97 Å². The minimum absolute atomic E-state index is 0.159. The average Bonchev–Trinajstić information content (AvgIpc) is 2.16. The van der Waals surface area contributed by atoms with Gasteiger partial charge in [-0.15, -0.1) is 0 Å². The Labute approximate surface area is 76.8 Å². The quantitative estimate of drug-likeness (QED) is 0.372. The van der Waals surface area contributed by atoms with Gasteiger partial charge in [-0.1, -0.05) is 0 Å². The van der Waals surface area contributed by atoms with Crippen LogP contribution in [-0.4, -0.2) is 42.5 Å². The fourth-order valence-corrected chi connectivity index (χ4v) is 0.794. The fraction of sp³-hybridized carbons (Fsp3) is 0.625. The number of hydrogen-bond donors (Lipinski definition) is 3. The van der Waals surface area contributed by atoms with Gasteiger partial charge in [0.15, 0.2) is 0 Å². The topological polar surface area (TPSA) is 92.8 Å². The van der Waals surface area contributed by atoms with Crippen LogP contribution in [0.2, 0.25) is 0 Å². The third-order valence-corrected chi connectivity index (χ3v) is 1.49. The Morgan fingerprint density at radius 1 is 1.69 bits per heavy atom. The Morgan fingerprint density at radius 2 is 2.31 bits per heavy atom. The first-order valence-corrected chi connectivity index (χ1v) is 3.90. The van der Waals surface area contributed by atoms with Gasteiger partial charge in [0.25, 0.3) is 0 Å². The molecule has 76 valence electrons. The molecule has 0 amide bonds. The summed E-state index contributed by atoms with van der Waals surface area (Å²) in [6.45, 7) is -0.190. The van der Waals surface area contributed by atoms with Crippen molar-refractivity contribution in [3.63, 3.8) is 0 Å². The van der Waals surface area contributed by atoms with Crippen LogP contribution >= 0.6 is 0 Å². The lowest BCUT2D eigenvalue weighted by atomic mass is 10.1. The summed E-state index contributed by atoms with van der Waals surface area (Å²) in [4.78, 5) is 10.8.